The Hall–Kier alpha value is -1.88. The zero-order chi connectivity index (χ0) is 12.7. The van der Waals surface area contributed by atoms with Crippen LogP contribution in [0.2, 0.25) is 0 Å². The fourth-order valence-electron chi connectivity index (χ4n) is 1.88. The molecule has 0 aliphatic rings. The van der Waals surface area contributed by atoms with E-state index in [4.69, 9.17) is 5.73 Å². The van der Waals surface area contributed by atoms with Gasteiger partial charge >= 0.3 is 0 Å². The number of rotatable bonds is 1. The molecule has 0 saturated carbocycles. The average molecular weight is 303 g/mol. The number of hydrogen-bond donors (Lipinski definition) is 2. The van der Waals surface area contributed by atoms with E-state index in [1.807, 2.05) is 31.2 Å². The molecule has 1 aromatic carbocycles. The number of nitrogens with one attached hydrogen (secondary N) is 1. The van der Waals surface area contributed by atoms with Crippen LogP contribution in [0.1, 0.15) is 5.56 Å². The maximum atomic E-state index is 5.98. The van der Waals surface area contributed by atoms with E-state index in [1.54, 1.807) is 6.20 Å². The SMILES string of the molecule is Cc1ccc(N)c(-c2nc3ncc(Br)cc3[nH]2)c1. The molecule has 0 unspecified atom stereocenters. The molecule has 0 radical (unpaired) electrons. The first-order valence-corrected chi connectivity index (χ1v) is 6.30. The number of fused-ring (bicyclic) bond motifs is 1. The first kappa shape index (κ1) is 11.2. The van der Waals surface area contributed by atoms with Gasteiger partial charge in [-0.1, -0.05) is 11.6 Å². The first-order chi connectivity index (χ1) is 8.63. The average Bonchev–Trinajstić information content (AvgIpc) is 2.74. The third kappa shape index (κ3) is 1.86. The Kier molecular flexibility index (Phi) is 2.56. The second-order valence-electron chi connectivity index (χ2n) is 4.20. The summed E-state index contributed by atoms with van der Waals surface area (Å²) in [4.78, 5) is 11.9. The van der Waals surface area contributed by atoms with E-state index < -0.39 is 0 Å². The van der Waals surface area contributed by atoms with Crippen molar-refractivity contribution in [1.29, 1.82) is 0 Å². The molecule has 90 valence electrons. The second-order valence-corrected chi connectivity index (χ2v) is 5.12. The molecule has 3 aromatic rings. The van der Waals surface area contributed by atoms with Crippen molar-refractivity contribution < 1.29 is 0 Å². The van der Waals surface area contributed by atoms with Crippen molar-refractivity contribution in [2.75, 3.05) is 5.73 Å². The molecular weight excluding hydrogens is 292 g/mol. The van der Waals surface area contributed by atoms with E-state index in [1.165, 1.54) is 0 Å². The quantitative estimate of drug-likeness (QED) is 0.678. The van der Waals surface area contributed by atoms with Crippen LogP contribution in [-0.4, -0.2) is 15.0 Å². The van der Waals surface area contributed by atoms with E-state index in [0.717, 1.165) is 26.9 Å². The Morgan fingerprint density at radius 2 is 2.11 bits per heavy atom. The molecule has 0 aliphatic carbocycles. The minimum absolute atomic E-state index is 0.689. The summed E-state index contributed by atoms with van der Waals surface area (Å²) < 4.78 is 0.919. The van der Waals surface area contributed by atoms with Gasteiger partial charge in [-0.25, -0.2) is 9.97 Å². The molecule has 0 bridgehead atoms. The lowest BCUT2D eigenvalue weighted by Crippen LogP contribution is -1.91. The van der Waals surface area contributed by atoms with Crippen LogP contribution in [0, 0.1) is 6.92 Å². The molecule has 2 heterocycles. The van der Waals surface area contributed by atoms with Gasteiger partial charge in [-0.3, -0.25) is 0 Å². The van der Waals surface area contributed by atoms with Gasteiger partial charge in [0.25, 0.3) is 0 Å². The first-order valence-electron chi connectivity index (χ1n) is 5.51. The van der Waals surface area contributed by atoms with Crippen LogP contribution in [-0.2, 0) is 0 Å². The number of nitrogens with zero attached hydrogens (tertiary/aromatic N) is 2. The highest BCUT2D eigenvalue weighted by Crippen LogP contribution is 2.26. The predicted octanol–water partition coefficient (Wildman–Crippen LogP) is 3.28. The summed E-state index contributed by atoms with van der Waals surface area (Å²) in [6, 6.07) is 7.84. The summed E-state index contributed by atoms with van der Waals surface area (Å²) in [5, 5.41) is 0. The second kappa shape index (κ2) is 4.10. The normalized spacial score (nSPS) is 11.0. The number of nitrogen functional groups attached to an aromatic ring is 1. The number of anilines is 1. The predicted molar refractivity (Wildman–Crippen MR) is 76.2 cm³/mol. The smallest absolute Gasteiger partial charge is 0.178 e. The van der Waals surface area contributed by atoms with Crippen molar-refractivity contribution in [3.8, 4) is 11.4 Å². The maximum Gasteiger partial charge on any atom is 0.178 e. The highest BCUT2D eigenvalue weighted by molar-refractivity contribution is 9.10. The lowest BCUT2D eigenvalue weighted by Gasteiger charge is -2.03. The van der Waals surface area contributed by atoms with Gasteiger partial charge in [0, 0.05) is 21.9 Å². The minimum Gasteiger partial charge on any atom is -0.398 e. The molecule has 4 nitrogen and oxygen atoms in total. The Labute approximate surface area is 112 Å². The van der Waals surface area contributed by atoms with Crippen LogP contribution in [0.4, 0.5) is 5.69 Å². The van der Waals surface area contributed by atoms with Crippen molar-refractivity contribution in [3.63, 3.8) is 0 Å². The van der Waals surface area contributed by atoms with E-state index >= 15 is 0 Å². The molecule has 3 rings (SSSR count). The van der Waals surface area contributed by atoms with E-state index in [9.17, 15) is 0 Å². The Balaban J connectivity index is 2.22. The number of aromatic nitrogens is 3. The third-order valence-corrected chi connectivity index (χ3v) is 3.20. The van der Waals surface area contributed by atoms with Crippen LogP contribution in [0.15, 0.2) is 34.9 Å². The third-order valence-electron chi connectivity index (χ3n) is 2.77. The van der Waals surface area contributed by atoms with E-state index in [-0.39, 0.29) is 0 Å². The number of aromatic amines is 1. The van der Waals surface area contributed by atoms with Gasteiger partial charge < -0.3 is 10.7 Å². The van der Waals surface area contributed by atoms with Gasteiger partial charge in [-0.15, -0.1) is 0 Å². The Bertz CT molecular complexity index is 733. The number of H-pyrrole nitrogens is 1. The number of aryl methyl sites for hydroxylation is 1. The summed E-state index contributed by atoms with van der Waals surface area (Å²) in [6.45, 7) is 2.03. The zero-order valence-corrected chi connectivity index (χ0v) is 11.3. The highest BCUT2D eigenvalue weighted by atomic mass is 79.9. The van der Waals surface area contributed by atoms with Crippen LogP contribution >= 0.6 is 15.9 Å². The van der Waals surface area contributed by atoms with E-state index in [0.29, 0.717) is 11.3 Å². The molecule has 2 aromatic heterocycles. The van der Waals surface area contributed by atoms with Crippen molar-refractivity contribution in [1.82, 2.24) is 15.0 Å². The topological polar surface area (TPSA) is 67.6 Å². The zero-order valence-electron chi connectivity index (χ0n) is 9.74. The van der Waals surface area contributed by atoms with Gasteiger partial charge in [-0.05, 0) is 41.1 Å². The molecule has 0 aliphatic heterocycles. The summed E-state index contributed by atoms with van der Waals surface area (Å²) in [7, 11) is 0. The summed E-state index contributed by atoms with van der Waals surface area (Å²) >= 11 is 3.39. The number of halogens is 1. The number of benzene rings is 1. The van der Waals surface area contributed by atoms with Gasteiger partial charge in [0.05, 0.1) is 5.52 Å². The summed E-state index contributed by atoms with van der Waals surface area (Å²) in [5.41, 5.74) is 10.3. The largest absolute Gasteiger partial charge is 0.398 e. The molecule has 18 heavy (non-hydrogen) atoms. The van der Waals surface area contributed by atoms with Crippen LogP contribution in [0.3, 0.4) is 0 Å². The van der Waals surface area contributed by atoms with Crippen molar-refractivity contribution in [2.24, 2.45) is 0 Å². The molecule has 0 atom stereocenters. The Morgan fingerprint density at radius 3 is 2.94 bits per heavy atom. The van der Waals surface area contributed by atoms with Gasteiger partial charge in [0.1, 0.15) is 5.82 Å². The fraction of sp³-hybridized carbons (Fsp3) is 0.0769. The molecule has 0 spiro atoms. The number of hydrogen-bond acceptors (Lipinski definition) is 3. The maximum absolute atomic E-state index is 5.98. The van der Waals surface area contributed by atoms with Gasteiger partial charge in [0.15, 0.2) is 5.65 Å². The summed E-state index contributed by atoms with van der Waals surface area (Å²) in [5.74, 6) is 0.747. The number of pyridine rings is 1. The lowest BCUT2D eigenvalue weighted by atomic mass is 10.1. The Morgan fingerprint density at radius 1 is 1.28 bits per heavy atom. The lowest BCUT2D eigenvalue weighted by molar-refractivity contribution is 1.29. The molecule has 0 saturated heterocycles. The van der Waals surface area contributed by atoms with Crippen LogP contribution < -0.4 is 5.73 Å². The standard InChI is InChI=1S/C13H11BrN4/c1-7-2-3-10(15)9(4-7)12-17-11-5-8(14)6-16-13(11)18-12/h2-6H,15H2,1H3,(H,16,17,18). The molecule has 3 N–H and O–H groups in total. The molecular formula is C13H11BrN4. The number of nitrogens with two attached hydrogens (primary N) is 1. The number of imidazole rings is 1. The highest BCUT2D eigenvalue weighted by Gasteiger charge is 2.09. The van der Waals surface area contributed by atoms with Gasteiger partial charge in [0.2, 0.25) is 0 Å². The van der Waals surface area contributed by atoms with Crippen molar-refractivity contribution in [3.05, 3.63) is 40.5 Å². The van der Waals surface area contributed by atoms with Crippen molar-refractivity contribution >= 4 is 32.8 Å². The molecule has 0 amide bonds. The molecule has 0 fully saturated rings. The van der Waals surface area contributed by atoms with Crippen molar-refractivity contribution in [2.45, 2.75) is 6.92 Å². The van der Waals surface area contributed by atoms with E-state index in [2.05, 4.69) is 30.9 Å². The van der Waals surface area contributed by atoms with Crippen LogP contribution in [0.5, 0.6) is 0 Å². The summed E-state index contributed by atoms with van der Waals surface area (Å²) in [6.07, 6.45) is 1.73. The monoisotopic (exact) mass is 302 g/mol. The fourth-order valence-corrected chi connectivity index (χ4v) is 2.21. The van der Waals surface area contributed by atoms with Gasteiger partial charge in [-0.2, -0.15) is 0 Å². The van der Waals surface area contributed by atoms with Crippen LogP contribution in [0.25, 0.3) is 22.6 Å². The molecule has 5 heteroatoms. The minimum atomic E-state index is 0.689.